The topological polar surface area (TPSA) is 17.1 Å². The molecule has 0 amide bonds. The second-order valence-corrected chi connectivity index (χ2v) is 3.19. The van der Waals surface area contributed by atoms with Gasteiger partial charge in [-0.25, -0.2) is 8.78 Å². The first-order valence-corrected chi connectivity index (χ1v) is 4.19. The van der Waals surface area contributed by atoms with E-state index in [2.05, 4.69) is 0 Å². The van der Waals surface area contributed by atoms with Gasteiger partial charge in [0.05, 0.1) is 0 Å². The maximum absolute atomic E-state index is 13.1. The molecule has 1 nitrogen and oxygen atoms in total. The van der Waals surface area contributed by atoms with Gasteiger partial charge in [-0.3, -0.25) is 4.79 Å². The molecule has 1 aromatic carbocycles. The van der Waals surface area contributed by atoms with Crippen molar-refractivity contribution in [3.63, 3.8) is 0 Å². The molecule has 0 saturated carbocycles. The number of Topliss-reactive ketones (excluding diaryl/α,β-unsaturated/α-hetero) is 1. The lowest BCUT2D eigenvalue weighted by atomic mass is 9.90. The number of hydrogen-bond acceptors (Lipinski definition) is 1. The number of benzene rings is 1. The summed E-state index contributed by atoms with van der Waals surface area (Å²) in [6.45, 7) is 0. The summed E-state index contributed by atoms with van der Waals surface area (Å²) in [5.74, 6) is -1.42. The van der Waals surface area contributed by atoms with Crippen LogP contribution in [0.5, 0.6) is 0 Å². The maximum Gasteiger partial charge on any atom is 0.163 e. The Hall–Kier alpha value is -1.25. The molecular formula is C10H8F2O. The third-order valence-corrected chi connectivity index (χ3v) is 2.29. The molecule has 0 heterocycles. The van der Waals surface area contributed by atoms with Crippen LogP contribution in [0, 0.1) is 11.6 Å². The predicted molar refractivity (Wildman–Crippen MR) is 43.6 cm³/mol. The van der Waals surface area contributed by atoms with Crippen LogP contribution in [-0.2, 0) is 6.42 Å². The molecule has 0 fully saturated rings. The van der Waals surface area contributed by atoms with Crippen molar-refractivity contribution in [2.45, 2.75) is 19.3 Å². The van der Waals surface area contributed by atoms with Crippen LogP contribution in [0.25, 0.3) is 0 Å². The van der Waals surface area contributed by atoms with Gasteiger partial charge >= 0.3 is 0 Å². The second kappa shape index (κ2) is 2.91. The first-order chi connectivity index (χ1) is 6.18. The first-order valence-electron chi connectivity index (χ1n) is 4.19. The number of ketones is 1. The highest BCUT2D eigenvalue weighted by Gasteiger charge is 2.20. The van der Waals surface area contributed by atoms with Crippen LogP contribution in [-0.4, -0.2) is 5.78 Å². The van der Waals surface area contributed by atoms with Crippen LogP contribution in [0.4, 0.5) is 8.78 Å². The zero-order valence-corrected chi connectivity index (χ0v) is 6.94. The number of fused-ring (bicyclic) bond motifs is 1. The van der Waals surface area contributed by atoms with Crippen molar-refractivity contribution in [3.05, 3.63) is 34.9 Å². The molecule has 0 bridgehead atoms. The van der Waals surface area contributed by atoms with E-state index < -0.39 is 11.6 Å². The SMILES string of the molecule is O=C1CCCc2c(F)cc(F)cc21. The van der Waals surface area contributed by atoms with Crippen molar-refractivity contribution in [1.82, 2.24) is 0 Å². The van der Waals surface area contributed by atoms with Crippen LogP contribution in [0.1, 0.15) is 28.8 Å². The van der Waals surface area contributed by atoms with E-state index in [1.54, 1.807) is 0 Å². The molecule has 0 aliphatic heterocycles. The standard InChI is InChI=1S/C10H8F2O/c11-6-4-8-7(9(12)5-6)2-1-3-10(8)13/h4-5H,1-3H2. The highest BCUT2D eigenvalue weighted by molar-refractivity contribution is 5.98. The van der Waals surface area contributed by atoms with Crippen LogP contribution in [0.15, 0.2) is 12.1 Å². The van der Waals surface area contributed by atoms with E-state index >= 15 is 0 Å². The van der Waals surface area contributed by atoms with Gasteiger partial charge in [-0.15, -0.1) is 0 Å². The monoisotopic (exact) mass is 182 g/mol. The minimum Gasteiger partial charge on any atom is -0.294 e. The van der Waals surface area contributed by atoms with Crippen LogP contribution in [0.3, 0.4) is 0 Å². The van der Waals surface area contributed by atoms with Crippen LogP contribution in [0.2, 0.25) is 0 Å². The molecule has 3 heteroatoms. The maximum atomic E-state index is 13.1. The van der Waals surface area contributed by atoms with Crippen molar-refractivity contribution in [2.24, 2.45) is 0 Å². The summed E-state index contributed by atoms with van der Waals surface area (Å²) in [6.07, 6.45) is 1.59. The van der Waals surface area contributed by atoms with Gasteiger partial charge in [0.25, 0.3) is 0 Å². The molecule has 2 rings (SSSR count). The number of halogens is 2. The third kappa shape index (κ3) is 1.34. The van der Waals surface area contributed by atoms with Gasteiger partial charge in [-0.1, -0.05) is 0 Å². The molecule has 0 N–H and O–H groups in total. The number of carbonyl (C=O) groups is 1. The van der Waals surface area contributed by atoms with Crippen LogP contribution >= 0.6 is 0 Å². The van der Waals surface area contributed by atoms with Gasteiger partial charge in [-0.05, 0) is 24.5 Å². The summed E-state index contributed by atoms with van der Waals surface area (Å²) in [7, 11) is 0. The average Bonchev–Trinajstić information content (AvgIpc) is 2.07. The van der Waals surface area contributed by atoms with Crippen molar-refractivity contribution >= 4 is 5.78 Å². The highest BCUT2D eigenvalue weighted by atomic mass is 19.1. The van der Waals surface area contributed by atoms with Gasteiger partial charge in [0.2, 0.25) is 0 Å². The smallest absolute Gasteiger partial charge is 0.163 e. The molecule has 0 radical (unpaired) electrons. The van der Waals surface area contributed by atoms with Gasteiger partial charge in [0.15, 0.2) is 5.78 Å². The van der Waals surface area contributed by atoms with Gasteiger partial charge in [0, 0.05) is 18.1 Å². The van der Waals surface area contributed by atoms with Crippen molar-refractivity contribution < 1.29 is 13.6 Å². The summed E-state index contributed by atoms with van der Waals surface area (Å²) < 4.78 is 25.8. The fraction of sp³-hybridized carbons (Fsp3) is 0.300. The van der Waals surface area contributed by atoms with Crippen LogP contribution < -0.4 is 0 Å². The van der Waals surface area contributed by atoms with E-state index in [1.807, 2.05) is 0 Å². The highest BCUT2D eigenvalue weighted by Crippen LogP contribution is 2.24. The Kier molecular flexibility index (Phi) is 1.87. The average molecular weight is 182 g/mol. The van der Waals surface area contributed by atoms with Gasteiger partial charge in [-0.2, -0.15) is 0 Å². The van der Waals surface area contributed by atoms with E-state index in [1.165, 1.54) is 0 Å². The summed E-state index contributed by atoms with van der Waals surface area (Å²) in [6, 6.07) is 1.96. The van der Waals surface area contributed by atoms with Crippen molar-refractivity contribution in [3.8, 4) is 0 Å². The predicted octanol–water partition coefficient (Wildman–Crippen LogP) is 2.48. The zero-order chi connectivity index (χ0) is 9.42. The Balaban J connectivity index is 2.63. The third-order valence-electron chi connectivity index (χ3n) is 2.29. The Morgan fingerprint density at radius 1 is 1.15 bits per heavy atom. The molecule has 0 unspecified atom stereocenters. The first kappa shape index (κ1) is 8.35. The Morgan fingerprint density at radius 2 is 1.92 bits per heavy atom. The summed E-state index contributed by atoms with van der Waals surface area (Å²) in [5.41, 5.74) is 0.599. The second-order valence-electron chi connectivity index (χ2n) is 3.19. The summed E-state index contributed by atoms with van der Waals surface area (Å²) in [5, 5.41) is 0. The lowest BCUT2D eigenvalue weighted by molar-refractivity contribution is 0.0971. The molecule has 1 aromatic rings. The molecule has 0 saturated heterocycles. The van der Waals surface area contributed by atoms with E-state index in [0.717, 1.165) is 12.1 Å². The molecule has 1 aliphatic carbocycles. The molecule has 68 valence electrons. The fourth-order valence-corrected chi connectivity index (χ4v) is 1.67. The summed E-state index contributed by atoms with van der Waals surface area (Å²) in [4.78, 5) is 11.3. The molecule has 1 aliphatic rings. The van der Waals surface area contributed by atoms with E-state index in [0.29, 0.717) is 24.8 Å². The van der Waals surface area contributed by atoms with Gasteiger partial charge in [0.1, 0.15) is 11.6 Å². The molecule has 13 heavy (non-hydrogen) atoms. The molecular weight excluding hydrogens is 174 g/mol. The zero-order valence-electron chi connectivity index (χ0n) is 6.94. The number of rotatable bonds is 0. The molecule has 0 atom stereocenters. The lowest BCUT2D eigenvalue weighted by Gasteiger charge is -2.14. The van der Waals surface area contributed by atoms with E-state index in [4.69, 9.17) is 0 Å². The Labute approximate surface area is 74.4 Å². The Bertz CT molecular complexity index is 371. The number of hydrogen-bond donors (Lipinski definition) is 0. The summed E-state index contributed by atoms with van der Waals surface area (Å²) >= 11 is 0. The van der Waals surface area contributed by atoms with Crippen molar-refractivity contribution in [2.75, 3.05) is 0 Å². The fourth-order valence-electron chi connectivity index (χ4n) is 1.67. The largest absolute Gasteiger partial charge is 0.294 e. The number of carbonyl (C=O) groups excluding carboxylic acids is 1. The van der Waals surface area contributed by atoms with E-state index in [9.17, 15) is 13.6 Å². The normalized spacial score (nSPS) is 15.7. The Morgan fingerprint density at radius 3 is 2.69 bits per heavy atom. The lowest BCUT2D eigenvalue weighted by Crippen LogP contribution is -2.13. The minimum atomic E-state index is -0.675. The molecule has 0 spiro atoms. The van der Waals surface area contributed by atoms with Crippen molar-refractivity contribution in [1.29, 1.82) is 0 Å². The van der Waals surface area contributed by atoms with Gasteiger partial charge < -0.3 is 0 Å². The molecule has 0 aromatic heterocycles. The van der Waals surface area contributed by atoms with E-state index in [-0.39, 0.29) is 11.3 Å². The quantitative estimate of drug-likeness (QED) is 0.602. The minimum absolute atomic E-state index is 0.153.